The molecule has 2 heteroatoms. The molecule has 0 saturated heterocycles. The Balaban J connectivity index is 2.28. The lowest BCUT2D eigenvalue weighted by Crippen LogP contribution is -1.89. The van der Waals surface area contributed by atoms with E-state index in [4.69, 9.17) is 15.9 Å². The first-order chi connectivity index (χ1) is 8.33. The summed E-state index contributed by atoms with van der Waals surface area (Å²) in [5.74, 6) is 4.71. The van der Waals surface area contributed by atoms with Gasteiger partial charge in [0.15, 0.2) is 0 Å². The molecule has 0 spiro atoms. The molecule has 0 unspecified atom stereocenters. The zero-order valence-electron chi connectivity index (χ0n) is 9.51. The monoisotopic (exact) mass is 224 g/mol. The second kappa shape index (κ2) is 5.09. The van der Waals surface area contributed by atoms with Gasteiger partial charge in [-0.25, -0.2) is 0 Å². The van der Waals surface area contributed by atoms with E-state index >= 15 is 0 Å². The summed E-state index contributed by atoms with van der Waals surface area (Å²) in [7, 11) is 1.62. The lowest BCUT2D eigenvalue weighted by atomic mass is 10.2. The number of terminal acetylenes is 1. The third kappa shape index (κ3) is 2.59. The molecule has 0 aromatic heterocycles. The van der Waals surface area contributed by atoms with Crippen molar-refractivity contribution in [2.75, 3.05) is 7.11 Å². The van der Waals surface area contributed by atoms with E-state index < -0.39 is 0 Å². The van der Waals surface area contributed by atoms with Gasteiger partial charge >= 0.3 is 0 Å². The number of benzene rings is 2. The van der Waals surface area contributed by atoms with Crippen molar-refractivity contribution in [3.8, 4) is 29.6 Å². The number of ether oxygens (including phenoxy) is 2. The molecule has 2 nitrogen and oxygen atoms in total. The third-order valence-corrected chi connectivity index (χ3v) is 2.31. The van der Waals surface area contributed by atoms with Gasteiger partial charge < -0.3 is 9.47 Å². The molecule has 2 aromatic carbocycles. The minimum Gasteiger partial charge on any atom is -0.497 e. The molecule has 2 aromatic rings. The van der Waals surface area contributed by atoms with Crippen molar-refractivity contribution in [2.45, 2.75) is 0 Å². The largest absolute Gasteiger partial charge is 0.497 e. The summed E-state index contributed by atoms with van der Waals surface area (Å²) in [6.07, 6.45) is 5.41. The van der Waals surface area contributed by atoms with Crippen LogP contribution in [0.15, 0.2) is 48.5 Å². The van der Waals surface area contributed by atoms with Gasteiger partial charge in [0.05, 0.1) is 12.7 Å². The molecule has 0 aliphatic carbocycles. The van der Waals surface area contributed by atoms with Crippen LogP contribution in [0.5, 0.6) is 17.2 Å². The quantitative estimate of drug-likeness (QED) is 0.743. The van der Waals surface area contributed by atoms with Crippen LogP contribution < -0.4 is 9.47 Å². The van der Waals surface area contributed by atoms with Crippen molar-refractivity contribution in [2.24, 2.45) is 0 Å². The second-order valence-electron chi connectivity index (χ2n) is 3.42. The first-order valence-electron chi connectivity index (χ1n) is 5.21. The van der Waals surface area contributed by atoms with Crippen LogP contribution in [0.3, 0.4) is 0 Å². The van der Waals surface area contributed by atoms with Crippen LogP contribution in [0, 0.1) is 12.3 Å². The zero-order chi connectivity index (χ0) is 12.1. The summed E-state index contributed by atoms with van der Waals surface area (Å²) in [4.78, 5) is 0. The lowest BCUT2D eigenvalue weighted by molar-refractivity contribution is 0.409. The normalized spacial score (nSPS) is 9.41. The molecule has 0 amide bonds. The van der Waals surface area contributed by atoms with E-state index in [0.29, 0.717) is 11.5 Å². The third-order valence-electron chi connectivity index (χ3n) is 2.31. The SMILES string of the molecule is C#Cc1ccccc1Oc1cccc(OC)c1. The van der Waals surface area contributed by atoms with Gasteiger partial charge in [-0.2, -0.15) is 0 Å². The topological polar surface area (TPSA) is 18.5 Å². The van der Waals surface area contributed by atoms with Crippen LogP contribution in [0.2, 0.25) is 0 Å². The molecule has 2 rings (SSSR count). The van der Waals surface area contributed by atoms with Crippen molar-refractivity contribution in [1.29, 1.82) is 0 Å². The van der Waals surface area contributed by atoms with E-state index in [1.54, 1.807) is 7.11 Å². The van der Waals surface area contributed by atoms with Crippen molar-refractivity contribution < 1.29 is 9.47 Å². The Morgan fingerprint density at radius 1 is 1.00 bits per heavy atom. The van der Waals surface area contributed by atoms with Gasteiger partial charge in [0.1, 0.15) is 17.2 Å². The number of hydrogen-bond acceptors (Lipinski definition) is 2. The van der Waals surface area contributed by atoms with Crippen LogP contribution in [-0.2, 0) is 0 Å². The van der Waals surface area contributed by atoms with E-state index in [9.17, 15) is 0 Å². The van der Waals surface area contributed by atoms with Crippen LogP contribution >= 0.6 is 0 Å². The molecule has 0 bridgehead atoms. The summed E-state index contributed by atoms with van der Waals surface area (Å²) in [5, 5.41) is 0. The highest BCUT2D eigenvalue weighted by Gasteiger charge is 2.02. The molecule has 0 atom stereocenters. The van der Waals surface area contributed by atoms with E-state index in [0.717, 1.165) is 11.3 Å². The standard InChI is InChI=1S/C15H12O2/c1-3-12-7-4-5-10-15(12)17-14-9-6-8-13(11-14)16-2/h1,4-11H,2H3. The summed E-state index contributed by atoms with van der Waals surface area (Å²) in [5.41, 5.74) is 0.732. The number of para-hydroxylation sites is 1. The van der Waals surface area contributed by atoms with Gasteiger partial charge in [0, 0.05) is 6.07 Å². The average Bonchev–Trinajstić information content (AvgIpc) is 2.39. The summed E-state index contributed by atoms with van der Waals surface area (Å²) in [6.45, 7) is 0. The van der Waals surface area contributed by atoms with Crippen LogP contribution in [0.1, 0.15) is 5.56 Å². The Hall–Kier alpha value is -2.40. The molecular formula is C15H12O2. The summed E-state index contributed by atoms with van der Waals surface area (Å²) >= 11 is 0. The number of rotatable bonds is 3. The molecule has 0 N–H and O–H groups in total. The van der Waals surface area contributed by atoms with Gasteiger partial charge in [-0.15, -0.1) is 6.42 Å². The Morgan fingerprint density at radius 2 is 1.76 bits per heavy atom. The summed E-state index contributed by atoms with van der Waals surface area (Å²) in [6, 6.07) is 14.9. The first kappa shape index (κ1) is 11.1. The minimum atomic E-state index is 0.670. The maximum atomic E-state index is 5.72. The van der Waals surface area contributed by atoms with E-state index in [2.05, 4.69) is 5.92 Å². The minimum absolute atomic E-state index is 0.670. The van der Waals surface area contributed by atoms with Gasteiger partial charge in [-0.1, -0.05) is 24.1 Å². The van der Waals surface area contributed by atoms with Gasteiger partial charge in [-0.05, 0) is 24.3 Å². The first-order valence-corrected chi connectivity index (χ1v) is 5.21. The van der Waals surface area contributed by atoms with Crippen molar-refractivity contribution >= 4 is 0 Å². The number of hydrogen-bond donors (Lipinski definition) is 0. The lowest BCUT2D eigenvalue weighted by Gasteiger charge is -2.08. The molecular weight excluding hydrogens is 212 g/mol. The Morgan fingerprint density at radius 3 is 2.53 bits per heavy atom. The molecule has 0 fully saturated rings. The predicted molar refractivity (Wildman–Crippen MR) is 67.4 cm³/mol. The smallest absolute Gasteiger partial charge is 0.143 e. The van der Waals surface area contributed by atoms with Gasteiger partial charge in [0.25, 0.3) is 0 Å². The van der Waals surface area contributed by atoms with Gasteiger partial charge in [0.2, 0.25) is 0 Å². The fraction of sp³-hybridized carbons (Fsp3) is 0.0667. The Kier molecular flexibility index (Phi) is 3.32. The Labute approximate surface area is 101 Å². The van der Waals surface area contributed by atoms with Crippen LogP contribution in [0.4, 0.5) is 0 Å². The van der Waals surface area contributed by atoms with E-state index in [1.807, 2.05) is 48.5 Å². The van der Waals surface area contributed by atoms with Crippen molar-refractivity contribution in [1.82, 2.24) is 0 Å². The molecule has 17 heavy (non-hydrogen) atoms. The maximum Gasteiger partial charge on any atom is 0.143 e. The van der Waals surface area contributed by atoms with Crippen molar-refractivity contribution in [3.63, 3.8) is 0 Å². The van der Waals surface area contributed by atoms with Gasteiger partial charge in [-0.3, -0.25) is 0 Å². The molecule has 0 heterocycles. The van der Waals surface area contributed by atoms with Crippen molar-refractivity contribution in [3.05, 3.63) is 54.1 Å². The molecule has 0 aliphatic rings. The predicted octanol–water partition coefficient (Wildman–Crippen LogP) is 3.47. The highest BCUT2D eigenvalue weighted by atomic mass is 16.5. The maximum absolute atomic E-state index is 5.72. The fourth-order valence-corrected chi connectivity index (χ4v) is 1.47. The van der Waals surface area contributed by atoms with Crippen LogP contribution in [0.25, 0.3) is 0 Å². The molecule has 84 valence electrons. The number of methoxy groups -OCH3 is 1. The highest BCUT2D eigenvalue weighted by molar-refractivity contribution is 5.47. The zero-order valence-corrected chi connectivity index (χ0v) is 9.51. The fourth-order valence-electron chi connectivity index (χ4n) is 1.47. The highest BCUT2D eigenvalue weighted by Crippen LogP contribution is 2.27. The average molecular weight is 224 g/mol. The second-order valence-corrected chi connectivity index (χ2v) is 3.42. The molecule has 0 radical (unpaired) electrons. The molecule has 0 saturated carbocycles. The van der Waals surface area contributed by atoms with E-state index in [1.165, 1.54) is 0 Å². The Bertz CT molecular complexity index is 553. The summed E-state index contributed by atoms with van der Waals surface area (Å²) < 4.78 is 10.8. The van der Waals surface area contributed by atoms with Crippen LogP contribution in [-0.4, -0.2) is 7.11 Å². The molecule has 0 aliphatic heterocycles. The van der Waals surface area contributed by atoms with E-state index in [-0.39, 0.29) is 0 Å².